The van der Waals surface area contributed by atoms with Crippen molar-refractivity contribution in [2.75, 3.05) is 0 Å². The first-order chi connectivity index (χ1) is 28.2. The molecule has 0 saturated carbocycles. The summed E-state index contributed by atoms with van der Waals surface area (Å²) in [5, 5.41) is 2.29. The molecule has 0 amide bonds. The molecule has 12 rings (SSSR count). The van der Waals surface area contributed by atoms with E-state index in [1.807, 2.05) is 42.1 Å². The number of hydrogen-bond donors (Lipinski definition) is 0. The van der Waals surface area contributed by atoms with Gasteiger partial charge in [-0.1, -0.05) is 157 Å². The maximum absolute atomic E-state index is 6.48. The molecule has 4 heteroatoms. The molecule has 3 nitrogen and oxygen atoms in total. The molecule has 1 unspecified atom stereocenters. The van der Waals surface area contributed by atoms with Crippen molar-refractivity contribution in [1.82, 2.24) is 9.97 Å². The van der Waals surface area contributed by atoms with E-state index in [9.17, 15) is 0 Å². The Morgan fingerprint density at radius 1 is 0.368 bits per heavy atom. The number of para-hydroxylation sites is 1. The van der Waals surface area contributed by atoms with Crippen molar-refractivity contribution < 1.29 is 4.42 Å². The van der Waals surface area contributed by atoms with Crippen LogP contribution in [0.4, 0.5) is 0 Å². The molecule has 3 heterocycles. The summed E-state index contributed by atoms with van der Waals surface area (Å²) in [6, 6.07) is 69.6. The summed E-state index contributed by atoms with van der Waals surface area (Å²) in [6.45, 7) is 0. The number of furan rings is 1. The van der Waals surface area contributed by atoms with E-state index in [0.717, 1.165) is 61.1 Å². The highest BCUT2D eigenvalue weighted by atomic mass is 32.2. The highest BCUT2D eigenvalue weighted by Gasteiger charge is 2.50. The average molecular weight is 745 g/mol. The Balaban J connectivity index is 1.07. The van der Waals surface area contributed by atoms with Crippen molar-refractivity contribution in [2.45, 2.75) is 15.2 Å². The van der Waals surface area contributed by atoms with Gasteiger partial charge in [0.25, 0.3) is 0 Å². The second-order valence-electron chi connectivity index (χ2n) is 14.9. The van der Waals surface area contributed by atoms with E-state index in [-0.39, 0.29) is 0 Å². The first-order valence-electron chi connectivity index (χ1n) is 19.3. The van der Waals surface area contributed by atoms with Crippen LogP contribution in [0.3, 0.4) is 0 Å². The van der Waals surface area contributed by atoms with Crippen molar-refractivity contribution in [3.8, 4) is 56.2 Å². The van der Waals surface area contributed by atoms with Gasteiger partial charge < -0.3 is 4.42 Å². The Kier molecular flexibility index (Phi) is 7.08. The number of nitrogens with zero attached hydrogens (tertiary/aromatic N) is 2. The number of rotatable bonds is 4. The van der Waals surface area contributed by atoms with E-state index < -0.39 is 5.41 Å². The van der Waals surface area contributed by atoms with E-state index in [1.54, 1.807) is 0 Å². The molecule has 1 atom stereocenters. The Morgan fingerprint density at radius 2 is 1.02 bits per heavy atom. The SMILES string of the molecule is c1ccc(-c2cc(-c3cccc(-c4ccc5c(c4)C4(c6ccccc6S5)c5ccccc5-c5cc6oc7ccccc7c6cc54)c3)nc(-c3ccccc3)n2)cc1. The maximum atomic E-state index is 6.48. The zero-order valence-electron chi connectivity index (χ0n) is 30.7. The molecule has 0 radical (unpaired) electrons. The van der Waals surface area contributed by atoms with Crippen LogP contribution in [-0.4, -0.2) is 9.97 Å². The molecule has 10 aromatic rings. The predicted octanol–water partition coefficient (Wildman–Crippen LogP) is 13.9. The van der Waals surface area contributed by atoms with E-state index in [1.165, 1.54) is 43.2 Å². The topological polar surface area (TPSA) is 38.9 Å². The minimum Gasteiger partial charge on any atom is -0.456 e. The molecular formula is C53H32N2OS. The summed E-state index contributed by atoms with van der Waals surface area (Å²) in [4.78, 5) is 12.7. The summed E-state index contributed by atoms with van der Waals surface area (Å²) in [5.74, 6) is 0.710. The quantitative estimate of drug-likeness (QED) is 0.180. The van der Waals surface area contributed by atoms with Gasteiger partial charge in [0.05, 0.1) is 16.8 Å². The number of hydrogen-bond acceptors (Lipinski definition) is 4. The number of aromatic nitrogens is 2. The van der Waals surface area contributed by atoms with Gasteiger partial charge in [0, 0.05) is 37.3 Å². The van der Waals surface area contributed by atoms with Gasteiger partial charge in [-0.05, 0) is 93.0 Å². The van der Waals surface area contributed by atoms with Gasteiger partial charge in [0.15, 0.2) is 5.82 Å². The summed E-state index contributed by atoms with van der Waals surface area (Å²) < 4.78 is 6.48. The summed E-state index contributed by atoms with van der Waals surface area (Å²) in [6.07, 6.45) is 0. The van der Waals surface area contributed by atoms with Crippen molar-refractivity contribution in [2.24, 2.45) is 0 Å². The molecule has 0 bridgehead atoms. The van der Waals surface area contributed by atoms with E-state index in [4.69, 9.17) is 14.4 Å². The van der Waals surface area contributed by atoms with Crippen LogP contribution >= 0.6 is 11.8 Å². The smallest absolute Gasteiger partial charge is 0.160 e. The highest BCUT2D eigenvalue weighted by Crippen LogP contribution is 2.63. The van der Waals surface area contributed by atoms with Gasteiger partial charge in [0.2, 0.25) is 0 Å². The Morgan fingerprint density at radius 3 is 1.88 bits per heavy atom. The maximum Gasteiger partial charge on any atom is 0.160 e. The van der Waals surface area contributed by atoms with Crippen molar-refractivity contribution in [3.05, 3.63) is 216 Å². The fourth-order valence-electron chi connectivity index (χ4n) is 9.22. The van der Waals surface area contributed by atoms with Crippen molar-refractivity contribution >= 4 is 33.7 Å². The summed E-state index contributed by atoms with van der Waals surface area (Å²) in [7, 11) is 0. The van der Waals surface area contributed by atoms with Crippen LogP contribution in [0.2, 0.25) is 0 Å². The fraction of sp³-hybridized carbons (Fsp3) is 0.0189. The molecule has 2 aliphatic rings. The second-order valence-corrected chi connectivity index (χ2v) is 16.0. The third-order valence-electron chi connectivity index (χ3n) is 11.8. The number of fused-ring (bicyclic) bond motifs is 12. The Bertz CT molecular complexity index is 3170. The van der Waals surface area contributed by atoms with Crippen LogP contribution in [0.5, 0.6) is 0 Å². The van der Waals surface area contributed by atoms with Crippen LogP contribution in [0.1, 0.15) is 22.3 Å². The molecule has 1 spiro atoms. The van der Waals surface area contributed by atoms with Crippen LogP contribution in [0.25, 0.3) is 78.1 Å². The molecule has 0 N–H and O–H groups in total. The van der Waals surface area contributed by atoms with Crippen LogP contribution < -0.4 is 0 Å². The monoisotopic (exact) mass is 744 g/mol. The Labute approximate surface area is 334 Å². The first kappa shape index (κ1) is 32.3. The molecular weight excluding hydrogens is 713 g/mol. The van der Waals surface area contributed by atoms with Gasteiger partial charge >= 0.3 is 0 Å². The van der Waals surface area contributed by atoms with Gasteiger partial charge in [-0.3, -0.25) is 0 Å². The highest BCUT2D eigenvalue weighted by molar-refractivity contribution is 7.99. The van der Waals surface area contributed by atoms with E-state index in [0.29, 0.717) is 5.82 Å². The lowest BCUT2D eigenvalue weighted by Gasteiger charge is -2.40. The van der Waals surface area contributed by atoms with Gasteiger partial charge in [0.1, 0.15) is 11.2 Å². The van der Waals surface area contributed by atoms with E-state index >= 15 is 0 Å². The zero-order valence-corrected chi connectivity index (χ0v) is 31.5. The molecule has 1 aliphatic carbocycles. The lowest BCUT2D eigenvalue weighted by atomic mass is 9.67. The predicted molar refractivity (Wildman–Crippen MR) is 232 cm³/mol. The molecule has 0 fully saturated rings. The normalized spacial score (nSPS) is 15.0. The third-order valence-corrected chi connectivity index (χ3v) is 12.9. The van der Waals surface area contributed by atoms with Crippen molar-refractivity contribution in [3.63, 3.8) is 0 Å². The molecule has 1 aliphatic heterocycles. The number of benzene rings is 8. The molecule has 8 aromatic carbocycles. The van der Waals surface area contributed by atoms with Gasteiger partial charge in [-0.2, -0.15) is 0 Å². The second kappa shape index (κ2) is 12.5. The van der Waals surface area contributed by atoms with Gasteiger partial charge in [-0.15, -0.1) is 0 Å². The van der Waals surface area contributed by atoms with Gasteiger partial charge in [-0.25, -0.2) is 9.97 Å². The lowest BCUT2D eigenvalue weighted by molar-refractivity contribution is 0.668. The first-order valence-corrected chi connectivity index (χ1v) is 20.1. The molecule has 2 aromatic heterocycles. The standard InChI is InChI=1S/C53H32N2OS/c1-3-14-33(15-4-1)46-32-47(55-52(54-46)34-16-5-2-6-17-34)37-19-13-18-35(28-37)36-26-27-51-45(29-36)53(43-23-10-12-25-50(43)57-51)42-22-9-7-20-38(42)40-31-49-41(30-44(40)53)39-21-8-11-24-48(39)56-49/h1-32H. The average Bonchev–Trinajstić information content (AvgIpc) is 3.79. The van der Waals surface area contributed by atoms with Crippen LogP contribution in [-0.2, 0) is 5.41 Å². The van der Waals surface area contributed by atoms with Crippen LogP contribution in [0.15, 0.2) is 208 Å². The zero-order chi connectivity index (χ0) is 37.5. The lowest BCUT2D eigenvalue weighted by Crippen LogP contribution is -2.32. The molecule has 57 heavy (non-hydrogen) atoms. The fourth-order valence-corrected chi connectivity index (χ4v) is 10.4. The summed E-state index contributed by atoms with van der Waals surface area (Å²) in [5.41, 5.74) is 16.2. The minimum atomic E-state index is -0.523. The summed E-state index contributed by atoms with van der Waals surface area (Å²) >= 11 is 1.87. The molecule has 0 saturated heterocycles. The van der Waals surface area contributed by atoms with E-state index in [2.05, 4.69) is 164 Å². The van der Waals surface area contributed by atoms with Crippen molar-refractivity contribution in [1.29, 1.82) is 0 Å². The molecule has 266 valence electrons. The van der Waals surface area contributed by atoms with Crippen LogP contribution in [0, 0.1) is 0 Å². The largest absolute Gasteiger partial charge is 0.456 e. The third kappa shape index (κ3) is 4.87. The Hall–Kier alpha value is -7.01. The minimum absolute atomic E-state index is 0.523.